The predicted octanol–water partition coefficient (Wildman–Crippen LogP) is 4.80. The van der Waals surface area contributed by atoms with Crippen LogP contribution in [0.1, 0.15) is 12.8 Å². The molecule has 0 aliphatic carbocycles. The molecule has 1 aromatic heterocycles. The van der Waals surface area contributed by atoms with Crippen LogP contribution in [0.25, 0.3) is 21.0 Å². The number of hydrogen-bond donors (Lipinski definition) is 1. The van der Waals surface area contributed by atoms with Crippen molar-refractivity contribution in [3.05, 3.63) is 60.7 Å². The molecule has 0 amide bonds. The number of anilines is 1. The monoisotopic (exact) mass is 477 g/mol. The summed E-state index contributed by atoms with van der Waals surface area (Å²) in [6.45, 7) is 2.77. The van der Waals surface area contributed by atoms with E-state index in [0.29, 0.717) is 24.1 Å². The second-order valence-electron chi connectivity index (χ2n) is 8.89. The maximum absolute atomic E-state index is 10.5. The maximum atomic E-state index is 10.5. The highest BCUT2D eigenvalue weighted by Crippen LogP contribution is 2.35. The standard InChI is InChI=1S/C27H31N3O3S/c1-29(27-28-23-12-11-19-7-3-4-8-22(19)26(23)34-27)20-13-15-30(16-14-20)17-21(31)18-33-25-10-6-5-9-24(25)32-2/h3-12,20-21,31H,13-18H2,1-2H3. The van der Waals surface area contributed by atoms with E-state index in [9.17, 15) is 5.11 Å². The van der Waals surface area contributed by atoms with Gasteiger partial charge in [0.1, 0.15) is 12.7 Å². The smallest absolute Gasteiger partial charge is 0.186 e. The van der Waals surface area contributed by atoms with E-state index in [1.54, 1.807) is 18.4 Å². The molecule has 6 nitrogen and oxygen atoms in total. The number of likely N-dealkylation sites (tertiary alicyclic amines) is 1. The Bertz CT molecular complexity index is 1250. The number of β-amino-alcohol motifs (C(OH)–C–C–N with tert-alkyl or cyclic N) is 1. The number of methoxy groups -OCH3 is 1. The van der Waals surface area contributed by atoms with Crippen molar-refractivity contribution < 1.29 is 14.6 Å². The van der Waals surface area contributed by atoms with Gasteiger partial charge in [-0.2, -0.15) is 0 Å². The van der Waals surface area contributed by atoms with Gasteiger partial charge in [0, 0.05) is 38.1 Å². The average Bonchev–Trinajstić information content (AvgIpc) is 3.33. The summed E-state index contributed by atoms with van der Waals surface area (Å²) in [5.41, 5.74) is 1.07. The van der Waals surface area contributed by atoms with Gasteiger partial charge >= 0.3 is 0 Å². The fourth-order valence-electron chi connectivity index (χ4n) is 4.71. The number of nitrogens with zero attached hydrogens (tertiary/aromatic N) is 3. The second kappa shape index (κ2) is 10.2. The summed E-state index contributed by atoms with van der Waals surface area (Å²) in [6, 6.07) is 20.8. The molecule has 1 unspecified atom stereocenters. The highest BCUT2D eigenvalue weighted by atomic mass is 32.1. The number of hydrogen-bond acceptors (Lipinski definition) is 7. The van der Waals surface area contributed by atoms with Crippen LogP contribution in [0.3, 0.4) is 0 Å². The van der Waals surface area contributed by atoms with E-state index in [0.717, 1.165) is 36.6 Å². The van der Waals surface area contributed by atoms with Gasteiger partial charge in [-0.1, -0.05) is 53.8 Å². The van der Waals surface area contributed by atoms with Gasteiger partial charge in [-0.15, -0.1) is 0 Å². The minimum Gasteiger partial charge on any atom is -0.493 e. The van der Waals surface area contributed by atoms with E-state index in [2.05, 4.69) is 53.2 Å². The molecule has 0 bridgehead atoms. The number of benzene rings is 3. The molecule has 5 rings (SSSR count). The largest absolute Gasteiger partial charge is 0.493 e. The van der Waals surface area contributed by atoms with Gasteiger partial charge in [0.2, 0.25) is 0 Å². The number of ether oxygens (including phenoxy) is 2. The zero-order valence-corrected chi connectivity index (χ0v) is 20.5. The minimum absolute atomic E-state index is 0.250. The first kappa shape index (κ1) is 22.9. The van der Waals surface area contributed by atoms with E-state index in [4.69, 9.17) is 14.5 Å². The van der Waals surface area contributed by atoms with Crippen molar-refractivity contribution in [3.63, 3.8) is 0 Å². The quantitative estimate of drug-likeness (QED) is 0.394. The Morgan fingerprint density at radius 1 is 1.06 bits per heavy atom. The molecule has 1 fully saturated rings. The molecule has 1 aliphatic rings. The summed E-state index contributed by atoms with van der Waals surface area (Å²) in [7, 11) is 3.78. The van der Waals surface area contributed by atoms with Gasteiger partial charge < -0.3 is 24.4 Å². The third-order valence-corrected chi connectivity index (χ3v) is 7.84. The predicted molar refractivity (Wildman–Crippen MR) is 139 cm³/mol. The van der Waals surface area contributed by atoms with Gasteiger partial charge in [-0.25, -0.2) is 4.98 Å². The molecule has 0 radical (unpaired) electrons. The summed E-state index contributed by atoms with van der Waals surface area (Å²) < 4.78 is 12.4. The molecule has 1 atom stereocenters. The Labute approximate surface area is 204 Å². The molecule has 0 spiro atoms. The molecule has 3 aromatic carbocycles. The third-order valence-electron chi connectivity index (χ3n) is 6.64. The van der Waals surface area contributed by atoms with Crippen molar-refractivity contribution in [1.29, 1.82) is 0 Å². The number of aliphatic hydroxyl groups is 1. The van der Waals surface area contributed by atoms with E-state index in [-0.39, 0.29) is 6.61 Å². The van der Waals surface area contributed by atoms with Crippen molar-refractivity contribution in [3.8, 4) is 11.5 Å². The van der Waals surface area contributed by atoms with Crippen LogP contribution in [0.2, 0.25) is 0 Å². The Morgan fingerprint density at radius 3 is 2.59 bits per heavy atom. The Kier molecular flexibility index (Phi) is 6.85. The van der Waals surface area contributed by atoms with Gasteiger partial charge in [-0.05, 0) is 36.4 Å². The van der Waals surface area contributed by atoms with Gasteiger partial charge in [-0.3, -0.25) is 0 Å². The van der Waals surface area contributed by atoms with Gasteiger partial charge in [0.05, 0.1) is 17.3 Å². The molecular formula is C27H31N3O3S. The molecular weight excluding hydrogens is 446 g/mol. The van der Waals surface area contributed by atoms with Crippen LogP contribution in [-0.4, -0.2) is 67.5 Å². The number of thiazole rings is 1. The molecule has 4 aromatic rings. The molecule has 2 heterocycles. The van der Waals surface area contributed by atoms with Gasteiger partial charge in [0.15, 0.2) is 16.6 Å². The molecule has 1 aliphatic heterocycles. The fourth-order valence-corrected chi connectivity index (χ4v) is 5.85. The highest BCUT2D eigenvalue weighted by molar-refractivity contribution is 7.23. The van der Waals surface area contributed by atoms with Crippen molar-refractivity contribution >= 4 is 37.5 Å². The third kappa shape index (κ3) is 4.82. The Morgan fingerprint density at radius 2 is 1.79 bits per heavy atom. The number of piperidine rings is 1. The lowest BCUT2D eigenvalue weighted by Gasteiger charge is -2.37. The summed E-state index contributed by atoms with van der Waals surface area (Å²) in [6.07, 6.45) is 1.55. The topological polar surface area (TPSA) is 58.1 Å². The summed E-state index contributed by atoms with van der Waals surface area (Å²) in [5.74, 6) is 1.34. The molecule has 1 saturated heterocycles. The first-order valence-corrected chi connectivity index (χ1v) is 12.6. The zero-order valence-electron chi connectivity index (χ0n) is 19.7. The van der Waals surface area contributed by atoms with Crippen LogP contribution in [0.5, 0.6) is 11.5 Å². The van der Waals surface area contributed by atoms with Gasteiger partial charge in [0.25, 0.3) is 0 Å². The molecule has 7 heteroatoms. The van der Waals surface area contributed by atoms with Crippen LogP contribution >= 0.6 is 11.3 Å². The number of para-hydroxylation sites is 2. The van der Waals surface area contributed by atoms with Crippen molar-refractivity contribution in [2.45, 2.75) is 25.0 Å². The first-order chi connectivity index (χ1) is 16.6. The van der Waals surface area contributed by atoms with E-state index in [1.807, 2.05) is 24.3 Å². The van der Waals surface area contributed by atoms with E-state index >= 15 is 0 Å². The molecule has 0 saturated carbocycles. The SMILES string of the molecule is COc1ccccc1OCC(O)CN1CCC(N(C)c2nc3ccc4ccccc4c3s2)CC1. The van der Waals surface area contributed by atoms with Crippen LogP contribution < -0.4 is 14.4 Å². The zero-order chi connectivity index (χ0) is 23.5. The van der Waals surface area contributed by atoms with Crippen LogP contribution in [0.4, 0.5) is 5.13 Å². The number of rotatable bonds is 8. The normalized spacial score (nSPS) is 16.1. The number of aromatic nitrogens is 1. The second-order valence-corrected chi connectivity index (χ2v) is 9.87. The lowest BCUT2D eigenvalue weighted by atomic mass is 10.0. The first-order valence-electron chi connectivity index (χ1n) is 11.8. The van der Waals surface area contributed by atoms with Crippen molar-refractivity contribution in [1.82, 2.24) is 9.88 Å². The summed E-state index contributed by atoms with van der Waals surface area (Å²) in [4.78, 5) is 9.61. The van der Waals surface area contributed by atoms with E-state index < -0.39 is 6.10 Å². The van der Waals surface area contributed by atoms with Crippen molar-refractivity contribution in [2.75, 3.05) is 45.3 Å². The lowest BCUT2D eigenvalue weighted by Crippen LogP contribution is -2.46. The number of fused-ring (bicyclic) bond motifs is 3. The highest BCUT2D eigenvalue weighted by Gasteiger charge is 2.26. The van der Waals surface area contributed by atoms with E-state index in [1.165, 1.54) is 15.5 Å². The molecule has 1 N–H and O–H groups in total. The Hall–Kier alpha value is -2.87. The Balaban J connectivity index is 1.15. The summed E-state index contributed by atoms with van der Waals surface area (Å²) >= 11 is 1.78. The molecule has 178 valence electrons. The van der Waals surface area contributed by atoms with Crippen molar-refractivity contribution in [2.24, 2.45) is 0 Å². The van der Waals surface area contributed by atoms with Crippen LogP contribution in [0, 0.1) is 0 Å². The molecule has 34 heavy (non-hydrogen) atoms. The summed E-state index contributed by atoms with van der Waals surface area (Å²) in [5, 5.41) is 14.1. The fraction of sp³-hybridized carbons (Fsp3) is 0.370. The minimum atomic E-state index is -0.545. The maximum Gasteiger partial charge on any atom is 0.186 e. The van der Waals surface area contributed by atoms with Crippen LogP contribution in [-0.2, 0) is 0 Å². The number of aliphatic hydroxyl groups excluding tert-OH is 1. The lowest BCUT2D eigenvalue weighted by molar-refractivity contribution is 0.0586. The average molecular weight is 478 g/mol. The van der Waals surface area contributed by atoms with Crippen LogP contribution in [0.15, 0.2) is 60.7 Å².